The third-order valence-electron chi connectivity index (χ3n) is 4.72. The number of amides is 1. The predicted molar refractivity (Wildman–Crippen MR) is 103 cm³/mol. The lowest BCUT2D eigenvalue weighted by Crippen LogP contribution is -2.49. The molecule has 0 unspecified atom stereocenters. The maximum absolute atomic E-state index is 12.9. The molecule has 3 rings (SSSR count). The van der Waals surface area contributed by atoms with Gasteiger partial charge in [-0.05, 0) is 36.8 Å². The normalized spacial score (nSPS) is 14.9. The topological polar surface area (TPSA) is 79.8 Å². The molecular formula is C19H23N3O4S. The van der Waals surface area contributed by atoms with E-state index in [-0.39, 0.29) is 10.8 Å². The van der Waals surface area contributed by atoms with Gasteiger partial charge in [-0.1, -0.05) is 6.07 Å². The van der Waals surface area contributed by atoms with Gasteiger partial charge in [-0.3, -0.25) is 4.79 Å². The molecule has 0 atom stereocenters. The first-order valence-electron chi connectivity index (χ1n) is 8.65. The Labute approximate surface area is 159 Å². The first-order valence-corrected chi connectivity index (χ1v) is 10.5. The maximum atomic E-state index is 12.9. The first-order chi connectivity index (χ1) is 12.8. The van der Waals surface area contributed by atoms with Crippen LogP contribution in [0.25, 0.3) is 0 Å². The summed E-state index contributed by atoms with van der Waals surface area (Å²) in [6.45, 7) is 4.20. The van der Waals surface area contributed by atoms with Crippen molar-refractivity contribution in [1.82, 2.24) is 9.88 Å². The third-order valence-corrected chi connectivity index (χ3v) is 5.83. The number of rotatable bonds is 4. The number of aryl methyl sites for hydroxylation is 1. The minimum Gasteiger partial charge on any atom is -0.480 e. The zero-order valence-electron chi connectivity index (χ0n) is 15.7. The van der Waals surface area contributed by atoms with E-state index in [0.29, 0.717) is 37.6 Å². The molecule has 1 aromatic carbocycles. The number of methoxy groups -OCH3 is 1. The van der Waals surface area contributed by atoms with E-state index in [4.69, 9.17) is 4.74 Å². The van der Waals surface area contributed by atoms with Crippen LogP contribution in [-0.4, -0.2) is 63.8 Å². The minimum atomic E-state index is -3.36. The Kier molecular flexibility index (Phi) is 5.36. The van der Waals surface area contributed by atoms with Crippen molar-refractivity contribution in [2.45, 2.75) is 11.8 Å². The van der Waals surface area contributed by atoms with Gasteiger partial charge in [0.2, 0.25) is 5.88 Å². The lowest BCUT2D eigenvalue weighted by atomic mass is 10.1. The monoisotopic (exact) mass is 389 g/mol. The van der Waals surface area contributed by atoms with Crippen LogP contribution in [0.3, 0.4) is 0 Å². The second-order valence-corrected chi connectivity index (χ2v) is 8.58. The molecule has 1 aliphatic heterocycles. The third kappa shape index (κ3) is 4.05. The summed E-state index contributed by atoms with van der Waals surface area (Å²) in [6, 6.07) is 8.50. The highest BCUT2D eigenvalue weighted by Gasteiger charge is 2.25. The molecule has 0 bridgehead atoms. The van der Waals surface area contributed by atoms with Crippen molar-refractivity contribution >= 4 is 21.4 Å². The molecule has 0 saturated carbocycles. The fraction of sp³-hybridized carbons (Fsp3) is 0.368. The number of carbonyl (C=O) groups is 1. The molecule has 27 heavy (non-hydrogen) atoms. The smallest absolute Gasteiger partial charge is 0.254 e. The number of ether oxygens (including phenoxy) is 1. The summed E-state index contributed by atoms with van der Waals surface area (Å²) in [7, 11) is -1.77. The van der Waals surface area contributed by atoms with Crippen molar-refractivity contribution < 1.29 is 17.9 Å². The fourth-order valence-corrected chi connectivity index (χ4v) is 3.81. The Morgan fingerprint density at radius 2 is 1.85 bits per heavy atom. The highest BCUT2D eigenvalue weighted by molar-refractivity contribution is 7.90. The van der Waals surface area contributed by atoms with Crippen LogP contribution >= 0.6 is 0 Å². The molecular weight excluding hydrogens is 366 g/mol. The summed E-state index contributed by atoms with van der Waals surface area (Å²) in [4.78, 5) is 21.2. The van der Waals surface area contributed by atoms with Crippen molar-refractivity contribution in [2.24, 2.45) is 0 Å². The van der Waals surface area contributed by atoms with Gasteiger partial charge >= 0.3 is 0 Å². The number of carbonyl (C=O) groups excluding carboxylic acids is 1. The van der Waals surface area contributed by atoms with Crippen LogP contribution in [-0.2, 0) is 9.84 Å². The number of anilines is 1. The number of pyridine rings is 1. The summed E-state index contributed by atoms with van der Waals surface area (Å²) in [6.07, 6.45) is 2.83. The Bertz CT molecular complexity index is 951. The van der Waals surface area contributed by atoms with E-state index in [2.05, 4.69) is 9.88 Å². The summed E-state index contributed by atoms with van der Waals surface area (Å²) in [5, 5.41) is 0. The molecule has 1 saturated heterocycles. The number of piperazine rings is 1. The SMILES string of the molecule is COc1ncccc1N1CCN(C(=O)c2cc(S(C)(=O)=O)ccc2C)CC1. The molecule has 0 N–H and O–H groups in total. The fourth-order valence-electron chi connectivity index (χ4n) is 3.16. The Morgan fingerprint density at radius 3 is 2.48 bits per heavy atom. The van der Waals surface area contributed by atoms with Crippen LogP contribution in [0.5, 0.6) is 5.88 Å². The highest BCUT2D eigenvalue weighted by atomic mass is 32.2. The van der Waals surface area contributed by atoms with Crippen LogP contribution in [0.4, 0.5) is 5.69 Å². The van der Waals surface area contributed by atoms with Crippen molar-refractivity contribution in [2.75, 3.05) is 44.4 Å². The highest BCUT2D eigenvalue weighted by Crippen LogP contribution is 2.26. The average Bonchev–Trinajstić information content (AvgIpc) is 2.67. The van der Waals surface area contributed by atoms with Crippen LogP contribution in [0, 0.1) is 6.92 Å². The molecule has 2 aromatic rings. The van der Waals surface area contributed by atoms with Crippen LogP contribution in [0.1, 0.15) is 15.9 Å². The van der Waals surface area contributed by atoms with Crippen LogP contribution in [0.15, 0.2) is 41.4 Å². The Morgan fingerprint density at radius 1 is 1.15 bits per heavy atom. The number of benzene rings is 1. The van der Waals surface area contributed by atoms with E-state index in [0.717, 1.165) is 17.5 Å². The van der Waals surface area contributed by atoms with Crippen molar-refractivity contribution in [3.05, 3.63) is 47.7 Å². The van der Waals surface area contributed by atoms with Gasteiger partial charge in [0.15, 0.2) is 9.84 Å². The number of nitrogens with zero attached hydrogens (tertiary/aromatic N) is 3. The molecule has 0 radical (unpaired) electrons. The molecule has 1 fully saturated rings. The van der Waals surface area contributed by atoms with Gasteiger partial charge in [0.05, 0.1) is 17.7 Å². The molecule has 0 spiro atoms. The molecule has 2 heterocycles. The lowest BCUT2D eigenvalue weighted by Gasteiger charge is -2.36. The molecule has 1 aliphatic rings. The zero-order chi connectivity index (χ0) is 19.6. The van der Waals surface area contributed by atoms with E-state index in [1.165, 1.54) is 12.1 Å². The summed E-state index contributed by atoms with van der Waals surface area (Å²) >= 11 is 0. The van der Waals surface area contributed by atoms with Gasteiger partial charge in [-0.25, -0.2) is 13.4 Å². The van der Waals surface area contributed by atoms with E-state index < -0.39 is 9.84 Å². The van der Waals surface area contributed by atoms with E-state index in [1.54, 1.807) is 24.3 Å². The van der Waals surface area contributed by atoms with E-state index >= 15 is 0 Å². The Hall–Kier alpha value is -2.61. The van der Waals surface area contributed by atoms with Crippen molar-refractivity contribution in [3.63, 3.8) is 0 Å². The van der Waals surface area contributed by atoms with Gasteiger partial charge in [0.1, 0.15) is 0 Å². The molecule has 0 aliphatic carbocycles. The maximum Gasteiger partial charge on any atom is 0.254 e. The van der Waals surface area contributed by atoms with Crippen molar-refractivity contribution in [1.29, 1.82) is 0 Å². The number of hydrogen-bond acceptors (Lipinski definition) is 6. The number of sulfone groups is 1. The predicted octanol–water partition coefficient (Wildman–Crippen LogP) is 1.76. The molecule has 1 amide bonds. The first kappa shape index (κ1) is 19.2. The summed E-state index contributed by atoms with van der Waals surface area (Å²) in [5.41, 5.74) is 2.11. The molecule has 144 valence electrons. The van der Waals surface area contributed by atoms with Gasteiger partial charge in [-0.15, -0.1) is 0 Å². The van der Waals surface area contributed by atoms with Gasteiger partial charge in [0, 0.05) is 44.2 Å². The molecule has 7 nitrogen and oxygen atoms in total. The van der Waals surface area contributed by atoms with E-state index in [9.17, 15) is 13.2 Å². The number of hydrogen-bond donors (Lipinski definition) is 0. The quantitative estimate of drug-likeness (QED) is 0.793. The average molecular weight is 389 g/mol. The lowest BCUT2D eigenvalue weighted by molar-refractivity contribution is 0.0745. The molecule has 8 heteroatoms. The largest absolute Gasteiger partial charge is 0.480 e. The zero-order valence-corrected chi connectivity index (χ0v) is 16.5. The van der Waals surface area contributed by atoms with Gasteiger partial charge in [-0.2, -0.15) is 0 Å². The van der Waals surface area contributed by atoms with Crippen LogP contribution < -0.4 is 9.64 Å². The number of aromatic nitrogens is 1. The van der Waals surface area contributed by atoms with Gasteiger partial charge in [0.25, 0.3) is 5.91 Å². The Balaban J connectivity index is 1.76. The second kappa shape index (κ2) is 7.56. The van der Waals surface area contributed by atoms with Gasteiger partial charge < -0.3 is 14.5 Å². The standard InChI is InChI=1S/C19H23N3O4S/c1-14-6-7-15(27(3,24)25)13-16(14)19(23)22-11-9-21(10-12-22)17-5-4-8-20-18(17)26-2/h4-8,13H,9-12H2,1-3H3. The van der Waals surface area contributed by atoms with Crippen LogP contribution in [0.2, 0.25) is 0 Å². The molecule has 1 aromatic heterocycles. The minimum absolute atomic E-state index is 0.143. The van der Waals surface area contributed by atoms with Crippen molar-refractivity contribution in [3.8, 4) is 5.88 Å². The second-order valence-electron chi connectivity index (χ2n) is 6.56. The summed E-state index contributed by atoms with van der Waals surface area (Å²) < 4.78 is 28.9. The van der Waals surface area contributed by atoms with E-state index in [1.807, 2.05) is 19.1 Å². The summed E-state index contributed by atoms with van der Waals surface area (Å²) in [5.74, 6) is 0.421.